The summed E-state index contributed by atoms with van der Waals surface area (Å²) in [7, 11) is -3.48. The summed E-state index contributed by atoms with van der Waals surface area (Å²) in [6.07, 6.45) is 4.30. The molecule has 150 valence electrons. The molecule has 2 aromatic carbocycles. The molecule has 0 atom stereocenters. The van der Waals surface area contributed by atoms with Gasteiger partial charge in [-0.25, -0.2) is 13.4 Å². The number of sulfonamides is 1. The highest BCUT2D eigenvalue weighted by atomic mass is 32.2. The van der Waals surface area contributed by atoms with Gasteiger partial charge in [0, 0.05) is 36.1 Å². The van der Waals surface area contributed by atoms with Crippen LogP contribution in [-0.2, 0) is 16.4 Å². The van der Waals surface area contributed by atoms with Crippen LogP contribution in [0.2, 0.25) is 0 Å². The van der Waals surface area contributed by atoms with E-state index < -0.39 is 10.0 Å². The first-order valence-electron chi connectivity index (χ1n) is 9.42. The van der Waals surface area contributed by atoms with Crippen LogP contribution in [0.25, 0.3) is 0 Å². The molecule has 1 N–H and O–H groups in total. The molecule has 1 aliphatic rings. The third kappa shape index (κ3) is 4.55. The average molecular weight is 428 g/mol. The average Bonchev–Trinajstić information content (AvgIpc) is 3.42. The monoisotopic (exact) mass is 427 g/mol. The highest BCUT2D eigenvalue weighted by molar-refractivity contribution is 7.89. The maximum Gasteiger partial charge on any atom is 0.257 e. The number of benzene rings is 2. The molecular formula is C21H21N3O3S2. The molecule has 0 saturated carbocycles. The van der Waals surface area contributed by atoms with Crippen molar-refractivity contribution in [2.75, 3.05) is 18.4 Å². The van der Waals surface area contributed by atoms with Crippen LogP contribution in [0.5, 0.6) is 0 Å². The van der Waals surface area contributed by atoms with Gasteiger partial charge in [-0.1, -0.05) is 30.3 Å². The molecule has 0 radical (unpaired) electrons. The van der Waals surface area contributed by atoms with Gasteiger partial charge >= 0.3 is 0 Å². The van der Waals surface area contributed by atoms with Gasteiger partial charge in [0.15, 0.2) is 5.13 Å². The van der Waals surface area contributed by atoms with Crippen molar-refractivity contribution in [3.8, 4) is 0 Å². The summed E-state index contributed by atoms with van der Waals surface area (Å²) in [6, 6.07) is 16.1. The number of hydrogen-bond acceptors (Lipinski definition) is 5. The summed E-state index contributed by atoms with van der Waals surface area (Å²) in [4.78, 5) is 18.0. The second-order valence-electron chi connectivity index (χ2n) is 6.88. The molecule has 8 heteroatoms. The van der Waals surface area contributed by atoms with E-state index in [0.717, 1.165) is 24.1 Å². The van der Waals surface area contributed by atoms with E-state index in [0.29, 0.717) is 23.8 Å². The number of nitrogens with one attached hydrogen (secondary N) is 1. The Labute approximate surface area is 174 Å². The van der Waals surface area contributed by atoms with Crippen molar-refractivity contribution in [2.45, 2.75) is 24.2 Å². The van der Waals surface area contributed by atoms with Crippen molar-refractivity contribution >= 4 is 32.4 Å². The van der Waals surface area contributed by atoms with Gasteiger partial charge in [0.2, 0.25) is 10.0 Å². The predicted octanol–water partition coefficient (Wildman–Crippen LogP) is 3.77. The number of thiazole rings is 1. The number of rotatable bonds is 6. The van der Waals surface area contributed by atoms with Crippen LogP contribution in [0.3, 0.4) is 0 Å². The Balaban J connectivity index is 1.41. The third-order valence-corrected chi connectivity index (χ3v) is 7.64. The van der Waals surface area contributed by atoms with E-state index in [1.54, 1.807) is 6.20 Å². The number of hydrogen-bond donors (Lipinski definition) is 1. The standard InChI is InChI=1S/C21H21N3O3S2/c25-20(23-21-22-15-18(28-21)14-16-6-2-1-3-7-16)17-8-10-19(11-9-17)29(26,27)24-12-4-5-13-24/h1-3,6-11,15H,4-5,12-14H2,(H,22,23,25). The van der Waals surface area contributed by atoms with E-state index in [1.807, 2.05) is 18.2 Å². The van der Waals surface area contributed by atoms with Crippen LogP contribution >= 0.6 is 11.3 Å². The fourth-order valence-electron chi connectivity index (χ4n) is 3.27. The van der Waals surface area contributed by atoms with Crippen molar-refractivity contribution in [1.29, 1.82) is 0 Å². The smallest absolute Gasteiger partial charge is 0.257 e. The molecular weight excluding hydrogens is 406 g/mol. The van der Waals surface area contributed by atoms with Gasteiger partial charge in [-0.3, -0.25) is 10.1 Å². The van der Waals surface area contributed by atoms with E-state index in [9.17, 15) is 13.2 Å². The van der Waals surface area contributed by atoms with Gasteiger partial charge in [0.05, 0.1) is 4.90 Å². The Morgan fingerprint density at radius 1 is 1.03 bits per heavy atom. The van der Waals surface area contributed by atoms with Crippen LogP contribution in [0.4, 0.5) is 5.13 Å². The molecule has 0 bridgehead atoms. The second kappa shape index (κ2) is 8.44. The maximum absolute atomic E-state index is 12.6. The molecule has 0 spiro atoms. The molecule has 3 aromatic rings. The summed E-state index contributed by atoms with van der Waals surface area (Å²) in [5, 5.41) is 3.31. The Kier molecular flexibility index (Phi) is 5.75. The van der Waals surface area contributed by atoms with Crippen molar-refractivity contribution < 1.29 is 13.2 Å². The fourth-order valence-corrected chi connectivity index (χ4v) is 5.63. The van der Waals surface area contributed by atoms with Crippen molar-refractivity contribution in [2.24, 2.45) is 0 Å². The molecule has 1 aromatic heterocycles. The number of carbonyl (C=O) groups is 1. The molecule has 29 heavy (non-hydrogen) atoms. The SMILES string of the molecule is O=C(Nc1ncc(Cc2ccccc2)s1)c1ccc(S(=O)(=O)N2CCCC2)cc1. The Bertz CT molecular complexity index is 1090. The first-order valence-corrected chi connectivity index (χ1v) is 11.7. The van der Waals surface area contributed by atoms with Crippen LogP contribution in [0, 0.1) is 0 Å². The number of carbonyl (C=O) groups excluding carboxylic acids is 1. The van der Waals surface area contributed by atoms with Gasteiger partial charge in [-0.2, -0.15) is 4.31 Å². The van der Waals surface area contributed by atoms with Crippen molar-refractivity contribution in [3.05, 3.63) is 76.8 Å². The lowest BCUT2D eigenvalue weighted by molar-refractivity contribution is 0.102. The van der Waals surface area contributed by atoms with E-state index in [2.05, 4.69) is 22.4 Å². The number of aromatic nitrogens is 1. The van der Waals surface area contributed by atoms with Crippen LogP contribution in [-0.4, -0.2) is 36.7 Å². The highest BCUT2D eigenvalue weighted by Gasteiger charge is 2.27. The third-order valence-electron chi connectivity index (χ3n) is 4.81. The highest BCUT2D eigenvalue weighted by Crippen LogP contribution is 2.23. The van der Waals surface area contributed by atoms with Crippen LogP contribution in [0.1, 0.15) is 33.6 Å². The van der Waals surface area contributed by atoms with Gasteiger partial charge in [0.25, 0.3) is 5.91 Å². The number of nitrogens with zero attached hydrogens (tertiary/aromatic N) is 2. The number of amides is 1. The summed E-state index contributed by atoms with van der Waals surface area (Å²) in [5.41, 5.74) is 1.58. The normalized spacial score (nSPS) is 14.8. The topological polar surface area (TPSA) is 79.4 Å². The van der Waals surface area contributed by atoms with Gasteiger partial charge in [0.1, 0.15) is 0 Å². The lowest BCUT2D eigenvalue weighted by Crippen LogP contribution is -2.27. The maximum atomic E-state index is 12.6. The Morgan fingerprint density at radius 2 is 1.72 bits per heavy atom. The molecule has 1 saturated heterocycles. The summed E-state index contributed by atoms with van der Waals surface area (Å²) >= 11 is 1.43. The number of anilines is 1. The fraction of sp³-hybridized carbons (Fsp3) is 0.238. The largest absolute Gasteiger partial charge is 0.298 e. The summed E-state index contributed by atoms with van der Waals surface area (Å²) < 4.78 is 26.6. The molecule has 6 nitrogen and oxygen atoms in total. The summed E-state index contributed by atoms with van der Waals surface area (Å²) in [5.74, 6) is -0.310. The van der Waals surface area contributed by atoms with Crippen LogP contribution < -0.4 is 5.32 Å². The second-order valence-corrected chi connectivity index (χ2v) is 9.94. The zero-order valence-electron chi connectivity index (χ0n) is 15.7. The predicted molar refractivity (Wildman–Crippen MR) is 114 cm³/mol. The quantitative estimate of drug-likeness (QED) is 0.649. The lowest BCUT2D eigenvalue weighted by atomic mass is 10.1. The molecule has 0 aliphatic carbocycles. The van der Waals surface area contributed by atoms with Gasteiger partial charge in [-0.05, 0) is 42.7 Å². The summed E-state index contributed by atoms with van der Waals surface area (Å²) in [6.45, 7) is 1.11. The molecule has 1 aliphatic heterocycles. The van der Waals surface area contributed by atoms with Gasteiger partial charge < -0.3 is 0 Å². The molecule has 4 rings (SSSR count). The minimum Gasteiger partial charge on any atom is -0.298 e. The Hall–Kier alpha value is -2.55. The zero-order chi connectivity index (χ0) is 20.3. The molecule has 1 fully saturated rings. The molecule has 1 amide bonds. The van der Waals surface area contributed by atoms with Crippen LogP contribution in [0.15, 0.2) is 65.7 Å². The minimum atomic E-state index is -3.48. The van der Waals surface area contributed by atoms with E-state index in [4.69, 9.17) is 0 Å². The zero-order valence-corrected chi connectivity index (χ0v) is 17.4. The Morgan fingerprint density at radius 3 is 2.41 bits per heavy atom. The van der Waals surface area contributed by atoms with E-state index >= 15 is 0 Å². The molecule has 2 heterocycles. The van der Waals surface area contributed by atoms with Gasteiger partial charge in [-0.15, -0.1) is 11.3 Å². The molecule has 0 unspecified atom stereocenters. The first-order chi connectivity index (χ1) is 14.0. The van der Waals surface area contributed by atoms with E-state index in [1.165, 1.54) is 45.5 Å². The van der Waals surface area contributed by atoms with E-state index in [-0.39, 0.29) is 10.8 Å². The van der Waals surface area contributed by atoms with Crippen molar-refractivity contribution in [3.63, 3.8) is 0 Å². The first kappa shape index (κ1) is 19.8. The van der Waals surface area contributed by atoms with Crippen molar-refractivity contribution in [1.82, 2.24) is 9.29 Å². The minimum absolute atomic E-state index is 0.218. The lowest BCUT2D eigenvalue weighted by Gasteiger charge is -2.15.